The van der Waals surface area contributed by atoms with Crippen LogP contribution >= 0.6 is 0 Å². The van der Waals surface area contributed by atoms with Crippen LogP contribution in [-0.2, 0) is 20.9 Å². The Morgan fingerprint density at radius 1 is 1.12 bits per heavy atom. The highest BCUT2D eigenvalue weighted by Gasteiger charge is 2.36. The van der Waals surface area contributed by atoms with Crippen LogP contribution in [0.4, 0.5) is 18.0 Å². The summed E-state index contributed by atoms with van der Waals surface area (Å²) in [7, 11) is 0. The van der Waals surface area contributed by atoms with E-state index in [0.29, 0.717) is 0 Å². The van der Waals surface area contributed by atoms with E-state index >= 15 is 0 Å². The van der Waals surface area contributed by atoms with Gasteiger partial charge in [0.2, 0.25) is 0 Å². The molecule has 8 nitrogen and oxygen atoms in total. The minimum atomic E-state index is -4.54. The molecule has 24 heavy (non-hydrogen) atoms. The third-order valence-electron chi connectivity index (χ3n) is 2.28. The molecule has 0 radical (unpaired) electrons. The van der Waals surface area contributed by atoms with Crippen molar-refractivity contribution in [2.75, 3.05) is 6.54 Å². The number of carbonyl (C=O) groups excluding carboxylic acids is 1. The molecular formula is C13H15F3N2O6. The van der Waals surface area contributed by atoms with Crippen LogP contribution in [0.2, 0.25) is 0 Å². The van der Waals surface area contributed by atoms with Gasteiger partial charge >= 0.3 is 24.2 Å². The lowest BCUT2D eigenvalue weighted by Gasteiger charge is -2.15. The van der Waals surface area contributed by atoms with E-state index in [-0.39, 0.29) is 6.61 Å². The van der Waals surface area contributed by atoms with Gasteiger partial charge in [0.1, 0.15) is 12.6 Å². The molecule has 1 aromatic rings. The molecule has 0 fully saturated rings. The molecule has 0 saturated heterocycles. The maximum Gasteiger partial charge on any atom is 0.414 e. The minimum absolute atomic E-state index is 0.00602. The molecule has 11 heteroatoms. The van der Waals surface area contributed by atoms with Gasteiger partial charge in [-0.25, -0.2) is 14.4 Å². The van der Waals surface area contributed by atoms with Gasteiger partial charge in [0.15, 0.2) is 0 Å². The van der Waals surface area contributed by atoms with E-state index in [1.54, 1.807) is 30.3 Å². The Balaban J connectivity index is 0.000000754. The largest absolute Gasteiger partial charge is 0.473 e. The smallest absolute Gasteiger partial charge is 0.414 e. The Bertz CT molecular complexity index is 538. The fourth-order valence-electron chi connectivity index (χ4n) is 1.08. The average molecular weight is 352 g/mol. The number of aliphatic carboxylic acids is 2. The molecule has 0 saturated carbocycles. The number of alkyl halides is 3. The predicted octanol–water partition coefficient (Wildman–Crippen LogP) is 0.958. The van der Waals surface area contributed by atoms with Crippen molar-refractivity contribution in [2.24, 2.45) is 5.73 Å². The lowest BCUT2D eigenvalue weighted by atomic mass is 10.2. The minimum Gasteiger partial charge on any atom is -0.473 e. The molecule has 0 heterocycles. The molecule has 0 aliphatic heterocycles. The molecule has 0 bridgehead atoms. The van der Waals surface area contributed by atoms with E-state index in [1.807, 2.05) is 5.32 Å². The lowest BCUT2D eigenvalue weighted by molar-refractivity contribution is -0.159. The monoisotopic (exact) mass is 352 g/mol. The highest BCUT2D eigenvalue weighted by Crippen LogP contribution is 2.17. The second kappa shape index (κ2) is 10.0. The van der Waals surface area contributed by atoms with Gasteiger partial charge in [0.25, 0.3) is 0 Å². The molecule has 1 aromatic carbocycles. The number of rotatable bonds is 4. The first-order chi connectivity index (χ1) is 11.0. The number of hydrogen-bond acceptors (Lipinski definition) is 5. The zero-order valence-electron chi connectivity index (χ0n) is 12.1. The van der Waals surface area contributed by atoms with Crippen molar-refractivity contribution in [3.63, 3.8) is 0 Å². The summed E-state index contributed by atoms with van der Waals surface area (Å²) in [5.41, 5.74) is 5.55. The average Bonchev–Trinajstić information content (AvgIpc) is 2.51. The predicted molar refractivity (Wildman–Crippen MR) is 73.9 cm³/mol. The van der Waals surface area contributed by atoms with Crippen molar-refractivity contribution in [2.45, 2.75) is 18.8 Å². The Hall–Kier alpha value is -2.82. The van der Waals surface area contributed by atoms with Crippen LogP contribution in [0.3, 0.4) is 0 Å². The van der Waals surface area contributed by atoms with Crippen molar-refractivity contribution in [1.82, 2.24) is 5.32 Å². The zero-order valence-corrected chi connectivity index (χ0v) is 12.1. The molecule has 134 valence electrons. The summed E-state index contributed by atoms with van der Waals surface area (Å²) < 4.78 is 40.8. The topological polar surface area (TPSA) is 139 Å². The van der Waals surface area contributed by atoms with E-state index in [9.17, 15) is 18.0 Å². The van der Waals surface area contributed by atoms with Crippen molar-refractivity contribution < 1.29 is 42.5 Å². The standard InChI is InChI=1S/C11H13F3N2O2.C2H2O4/c12-11(13,14)9(15)6-16-10(17)18-7-8-4-2-1-3-5-8;3-1(4)2(5)6/h1-5,9H,6-7,15H2,(H,16,17);(H,3,4)(H,5,6). The second-order valence-corrected chi connectivity index (χ2v) is 4.20. The van der Waals surface area contributed by atoms with Crippen LogP contribution in [-0.4, -0.2) is 47.0 Å². The molecule has 0 aromatic heterocycles. The number of carboxylic acid groups (broad SMARTS) is 2. The number of hydrogen-bond donors (Lipinski definition) is 4. The molecular weight excluding hydrogens is 337 g/mol. The number of halogens is 3. The number of ether oxygens (including phenoxy) is 1. The molecule has 1 unspecified atom stereocenters. The van der Waals surface area contributed by atoms with E-state index in [2.05, 4.69) is 0 Å². The van der Waals surface area contributed by atoms with Gasteiger partial charge in [0.05, 0.1) is 0 Å². The summed E-state index contributed by atoms with van der Waals surface area (Å²) in [4.78, 5) is 29.3. The Kier molecular flexibility index (Phi) is 8.87. The third-order valence-corrected chi connectivity index (χ3v) is 2.28. The van der Waals surface area contributed by atoms with Crippen LogP contribution in [0.5, 0.6) is 0 Å². The quantitative estimate of drug-likeness (QED) is 0.592. The summed E-state index contributed by atoms with van der Waals surface area (Å²) in [6.45, 7) is -0.717. The van der Waals surface area contributed by atoms with Gasteiger partial charge < -0.3 is 26.0 Å². The summed E-state index contributed by atoms with van der Waals surface area (Å²) in [5, 5.41) is 16.7. The number of nitrogens with two attached hydrogens (primary N) is 1. The van der Waals surface area contributed by atoms with Crippen molar-refractivity contribution in [3.05, 3.63) is 35.9 Å². The molecule has 0 aliphatic rings. The molecule has 0 aliphatic carbocycles. The summed E-state index contributed by atoms with van der Waals surface area (Å²) in [5.74, 6) is -3.65. The number of amides is 1. The van der Waals surface area contributed by atoms with E-state index in [0.717, 1.165) is 5.56 Å². The lowest BCUT2D eigenvalue weighted by Crippen LogP contribution is -2.46. The van der Waals surface area contributed by atoms with Crippen LogP contribution in [0.1, 0.15) is 5.56 Å². The SMILES string of the molecule is NC(CNC(=O)OCc1ccccc1)C(F)(F)F.O=C(O)C(=O)O. The van der Waals surface area contributed by atoms with Gasteiger partial charge in [-0.3, -0.25) is 0 Å². The van der Waals surface area contributed by atoms with Gasteiger partial charge in [-0.2, -0.15) is 13.2 Å². The number of carbonyl (C=O) groups is 3. The summed E-state index contributed by atoms with van der Waals surface area (Å²) in [6, 6.07) is 6.68. The molecule has 1 rings (SSSR count). The molecule has 1 atom stereocenters. The van der Waals surface area contributed by atoms with Crippen molar-refractivity contribution >= 4 is 18.0 Å². The number of alkyl carbamates (subject to hydrolysis) is 1. The first-order valence-electron chi connectivity index (χ1n) is 6.27. The molecule has 1 amide bonds. The van der Waals surface area contributed by atoms with Gasteiger partial charge in [-0.05, 0) is 5.56 Å². The normalized spacial score (nSPS) is 11.5. The Morgan fingerprint density at radius 3 is 2.04 bits per heavy atom. The first-order valence-corrected chi connectivity index (χ1v) is 6.27. The van der Waals surface area contributed by atoms with Crippen LogP contribution in [0.25, 0.3) is 0 Å². The first kappa shape index (κ1) is 21.2. The fourth-order valence-corrected chi connectivity index (χ4v) is 1.08. The molecule has 5 N–H and O–H groups in total. The maximum absolute atomic E-state index is 12.0. The van der Waals surface area contributed by atoms with Crippen LogP contribution < -0.4 is 11.1 Å². The van der Waals surface area contributed by atoms with Crippen molar-refractivity contribution in [1.29, 1.82) is 0 Å². The molecule has 0 spiro atoms. The number of carboxylic acids is 2. The number of benzene rings is 1. The van der Waals surface area contributed by atoms with Crippen LogP contribution in [0.15, 0.2) is 30.3 Å². The number of nitrogens with one attached hydrogen (secondary N) is 1. The highest BCUT2D eigenvalue weighted by atomic mass is 19.4. The maximum atomic E-state index is 12.0. The van der Waals surface area contributed by atoms with E-state index in [4.69, 9.17) is 30.3 Å². The fraction of sp³-hybridized carbons (Fsp3) is 0.308. The third kappa shape index (κ3) is 10.00. The Labute approximate surface area is 134 Å². The van der Waals surface area contributed by atoms with Gasteiger partial charge in [-0.15, -0.1) is 0 Å². The summed E-state index contributed by atoms with van der Waals surface area (Å²) in [6.07, 6.45) is -5.47. The van der Waals surface area contributed by atoms with Gasteiger partial charge in [0, 0.05) is 6.54 Å². The van der Waals surface area contributed by atoms with E-state index in [1.165, 1.54) is 0 Å². The Morgan fingerprint density at radius 2 is 1.62 bits per heavy atom. The van der Waals surface area contributed by atoms with Gasteiger partial charge in [-0.1, -0.05) is 30.3 Å². The zero-order chi connectivity index (χ0) is 18.8. The summed E-state index contributed by atoms with van der Waals surface area (Å²) >= 11 is 0. The highest BCUT2D eigenvalue weighted by molar-refractivity contribution is 6.27. The van der Waals surface area contributed by atoms with E-state index < -0.39 is 36.8 Å². The van der Waals surface area contributed by atoms with Crippen molar-refractivity contribution in [3.8, 4) is 0 Å². The second-order valence-electron chi connectivity index (χ2n) is 4.20. The van der Waals surface area contributed by atoms with Crippen LogP contribution in [0, 0.1) is 0 Å².